The third kappa shape index (κ3) is 2.90. The molecule has 0 saturated heterocycles. The quantitative estimate of drug-likeness (QED) is 0.749. The minimum atomic E-state index is -0.186. The van der Waals surface area contributed by atoms with Crippen molar-refractivity contribution in [3.63, 3.8) is 0 Å². The molecule has 0 fully saturated rings. The predicted octanol–water partition coefficient (Wildman–Crippen LogP) is 2.12. The molecule has 1 aliphatic heterocycles. The Bertz CT molecular complexity index is 1040. The second-order valence-electron chi connectivity index (χ2n) is 6.17. The number of hydrogen-bond acceptors (Lipinski definition) is 4. The Balaban J connectivity index is 1.66. The van der Waals surface area contributed by atoms with Gasteiger partial charge in [0.1, 0.15) is 5.82 Å². The van der Waals surface area contributed by atoms with Crippen molar-refractivity contribution in [2.24, 2.45) is 0 Å². The fourth-order valence-electron chi connectivity index (χ4n) is 3.15. The summed E-state index contributed by atoms with van der Waals surface area (Å²) in [6, 6.07) is 7.03. The third-order valence-corrected chi connectivity index (χ3v) is 4.76. The van der Waals surface area contributed by atoms with Crippen LogP contribution in [0.1, 0.15) is 27.4 Å². The van der Waals surface area contributed by atoms with Gasteiger partial charge in [-0.3, -0.25) is 9.59 Å². The van der Waals surface area contributed by atoms with E-state index in [4.69, 9.17) is 11.6 Å². The number of H-pyrrole nitrogens is 1. The molecule has 1 aliphatic rings. The molecule has 0 radical (unpaired) electrons. The maximum Gasteiger partial charge on any atom is 0.255 e. The molecule has 0 aliphatic carbocycles. The third-order valence-electron chi connectivity index (χ3n) is 4.43. The van der Waals surface area contributed by atoms with Gasteiger partial charge in [-0.25, -0.2) is 9.67 Å². The van der Waals surface area contributed by atoms with Crippen LogP contribution < -0.4 is 5.56 Å². The first-order chi connectivity index (χ1) is 12.5. The van der Waals surface area contributed by atoms with Gasteiger partial charge in [0, 0.05) is 24.5 Å². The van der Waals surface area contributed by atoms with Crippen molar-refractivity contribution in [1.29, 1.82) is 0 Å². The topological polar surface area (TPSA) is 83.9 Å². The molecule has 26 heavy (non-hydrogen) atoms. The lowest BCUT2D eigenvalue weighted by Gasteiger charge is -2.28. The van der Waals surface area contributed by atoms with E-state index in [2.05, 4.69) is 15.1 Å². The van der Waals surface area contributed by atoms with Crippen LogP contribution in [0.25, 0.3) is 5.69 Å². The summed E-state index contributed by atoms with van der Waals surface area (Å²) in [6.45, 7) is 2.47. The average molecular weight is 370 g/mol. The number of aromatic nitrogens is 4. The summed E-state index contributed by atoms with van der Waals surface area (Å²) in [7, 11) is 0. The summed E-state index contributed by atoms with van der Waals surface area (Å²) in [6.07, 6.45) is 3.94. The van der Waals surface area contributed by atoms with Gasteiger partial charge in [-0.05, 0) is 37.6 Å². The normalized spacial score (nSPS) is 13.5. The predicted molar refractivity (Wildman–Crippen MR) is 96.6 cm³/mol. The number of halogens is 1. The highest BCUT2D eigenvalue weighted by Gasteiger charge is 2.26. The molecule has 0 saturated carbocycles. The van der Waals surface area contributed by atoms with Crippen molar-refractivity contribution >= 4 is 17.5 Å². The van der Waals surface area contributed by atoms with Gasteiger partial charge in [-0.1, -0.05) is 11.6 Å². The molecule has 132 valence electrons. The monoisotopic (exact) mass is 369 g/mol. The fourth-order valence-corrected chi connectivity index (χ4v) is 3.35. The molecular weight excluding hydrogens is 354 g/mol. The van der Waals surface area contributed by atoms with Crippen LogP contribution in [0.5, 0.6) is 0 Å². The number of aryl methyl sites for hydroxylation is 1. The molecule has 1 N–H and O–H groups in total. The molecule has 3 heterocycles. The van der Waals surface area contributed by atoms with Crippen LogP contribution in [0.2, 0.25) is 5.02 Å². The van der Waals surface area contributed by atoms with E-state index in [9.17, 15) is 9.59 Å². The van der Waals surface area contributed by atoms with Gasteiger partial charge >= 0.3 is 0 Å². The van der Waals surface area contributed by atoms with E-state index in [1.54, 1.807) is 41.0 Å². The number of rotatable bonds is 2. The maximum atomic E-state index is 13.0. The highest BCUT2D eigenvalue weighted by atomic mass is 35.5. The minimum Gasteiger partial charge on any atom is -0.332 e. The van der Waals surface area contributed by atoms with Crippen LogP contribution in [0.15, 0.2) is 41.5 Å². The summed E-state index contributed by atoms with van der Waals surface area (Å²) in [4.78, 5) is 33.8. The van der Waals surface area contributed by atoms with Crippen molar-refractivity contribution in [3.05, 3.63) is 74.7 Å². The van der Waals surface area contributed by atoms with E-state index < -0.39 is 0 Å². The Labute approximate surface area is 154 Å². The van der Waals surface area contributed by atoms with Crippen LogP contribution in [-0.4, -0.2) is 37.1 Å². The first-order valence-electron chi connectivity index (χ1n) is 8.20. The lowest BCUT2D eigenvalue weighted by Crippen LogP contribution is -2.39. The van der Waals surface area contributed by atoms with E-state index in [1.165, 1.54) is 0 Å². The zero-order chi connectivity index (χ0) is 18.3. The van der Waals surface area contributed by atoms with E-state index in [0.717, 1.165) is 5.69 Å². The summed E-state index contributed by atoms with van der Waals surface area (Å²) >= 11 is 6.27. The number of benzene rings is 1. The number of hydrogen-bond donors (Lipinski definition) is 1. The fraction of sp³-hybridized carbons (Fsp3) is 0.222. The van der Waals surface area contributed by atoms with Crippen molar-refractivity contribution in [3.8, 4) is 5.69 Å². The zero-order valence-electron chi connectivity index (χ0n) is 14.1. The second kappa shape index (κ2) is 6.42. The Morgan fingerprint density at radius 3 is 2.96 bits per heavy atom. The van der Waals surface area contributed by atoms with Gasteiger partial charge in [0.15, 0.2) is 0 Å². The summed E-state index contributed by atoms with van der Waals surface area (Å²) in [5, 5.41) is 4.56. The molecule has 7 nitrogen and oxygen atoms in total. The molecule has 0 atom stereocenters. The standard InChI is InChI=1S/C18H16ClN5O2/c1-11-21-16-10-23(8-5-13(16)17(25)22-11)18(26)14-9-12(3-4-15(14)19)24-7-2-6-20-24/h2-4,6-7,9H,5,8,10H2,1H3,(H,21,22,25). The van der Waals surface area contributed by atoms with Gasteiger partial charge in [0.05, 0.1) is 28.5 Å². The van der Waals surface area contributed by atoms with Crippen molar-refractivity contribution in [2.75, 3.05) is 6.54 Å². The summed E-state index contributed by atoms with van der Waals surface area (Å²) < 4.78 is 1.67. The Hall–Kier alpha value is -2.93. The van der Waals surface area contributed by atoms with E-state index in [1.807, 2.05) is 12.1 Å². The largest absolute Gasteiger partial charge is 0.332 e. The molecule has 2 aromatic heterocycles. The number of nitrogens with one attached hydrogen (secondary N) is 1. The SMILES string of the molecule is Cc1nc2c(c(=O)[nH]1)CCN(C(=O)c1cc(-n3cccn3)ccc1Cl)C2. The molecule has 1 aromatic carbocycles. The smallest absolute Gasteiger partial charge is 0.255 e. The lowest BCUT2D eigenvalue weighted by atomic mass is 10.0. The Kier molecular flexibility index (Phi) is 4.08. The zero-order valence-corrected chi connectivity index (χ0v) is 14.8. The first-order valence-corrected chi connectivity index (χ1v) is 8.58. The number of fused-ring (bicyclic) bond motifs is 1. The number of aromatic amines is 1. The van der Waals surface area contributed by atoms with Crippen LogP contribution in [0.4, 0.5) is 0 Å². The number of carbonyl (C=O) groups is 1. The van der Waals surface area contributed by atoms with Gasteiger partial charge in [-0.2, -0.15) is 5.10 Å². The molecule has 0 spiro atoms. The average Bonchev–Trinajstić information content (AvgIpc) is 3.15. The number of carbonyl (C=O) groups excluding carboxylic acids is 1. The second-order valence-corrected chi connectivity index (χ2v) is 6.58. The van der Waals surface area contributed by atoms with Crippen LogP contribution >= 0.6 is 11.6 Å². The van der Waals surface area contributed by atoms with Gasteiger partial charge < -0.3 is 9.88 Å². The highest BCUT2D eigenvalue weighted by Crippen LogP contribution is 2.24. The van der Waals surface area contributed by atoms with E-state index in [0.29, 0.717) is 47.2 Å². The minimum absolute atomic E-state index is 0.127. The molecule has 0 unspecified atom stereocenters. The van der Waals surface area contributed by atoms with E-state index >= 15 is 0 Å². The van der Waals surface area contributed by atoms with Gasteiger partial charge in [-0.15, -0.1) is 0 Å². The van der Waals surface area contributed by atoms with Crippen molar-refractivity contribution < 1.29 is 4.79 Å². The van der Waals surface area contributed by atoms with Crippen LogP contribution in [0.3, 0.4) is 0 Å². The number of amides is 1. The molecule has 8 heteroatoms. The molecule has 4 rings (SSSR count). The Morgan fingerprint density at radius 1 is 1.35 bits per heavy atom. The van der Waals surface area contributed by atoms with E-state index in [-0.39, 0.29) is 11.5 Å². The van der Waals surface area contributed by atoms with Crippen LogP contribution in [0, 0.1) is 6.92 Å². The lowest BCUT2D eigenvalue weighted by molar-refractivity contribution is 0.0731. The Morgan fingerprint density at radius 2 is 2.19 bits per heavy atom. The molecule has 3 aromatic rings. The summed E-state index contributed by atoms with van der Waals surface area (Å²) in [5.74, 6) is 0.358. The first kappa shape index (κ1) is 16.5. The molecule has 1 amide bonds. The maximum absolute atomic E-state index is 13.0. The molecular formula is C18H16ClN5O2. The molecule has 0 bridgehead atoms. The number of nitrogens with zero attached hydrogens (tertiary/aromatic N) is 4. The van der Waals surface area contributed by atoms with Crippen molar-refractivity contribution in [2.45, 2.75) is 19.9 Å². The summed E-state index contributed by atoms with van der Waals surface area (Å²) in [5.41, 5.74) is 2.33. The van der Waals surface area contributed by atoms with Crippen molar-refractivity contribution in [1.82, 2.24) is 24.6 Å². The van der Waals surface area contributed by atoms with Gasteiger partial charge in [0.2, 0.25) is 0 Å². The van der Waals surface area contributed by atoms with Gasteiger partial charge in [0.25, 0.3) is 11.5 Å². The van der Waals surface area contributed by atoms with Crippen LogP contribution in [-0.2, 0) is 13.0 Å². The highest BCUT2D eigenvalue weighted by molar-refractivity contribution is 6.33.